The minimum absolute atomic E-state index is 0.0314. The Morgan fingerprint density at radius 3 is 2.65 bits per heavy atom. The third-order valence-corrected chi connectivity index (χ3v) is 5.57. The normalized spacial score (nSPS) is 23.6. The lowest BCUT2D eigenvalue weighted by Crippen LogP contribution is -2.56. The van der Waals surface area contributed by atoms with Crippen LogP contribution in [0.4, 0.5) is 0 Å². The van der Waals surface area contributed by atoms with Crippen LogP contribution in [0.5, 0.6) is 0 Å². The number of aromatic nitrogens is 2. The number of aryl methyl sites for hydroxylation is 1. The molecule has 1 fully saturated rings. The molecule has 2 heterocycles. The maximum absolute atomic E-state index is 12.6. The third-order valence-electron chi connectivity index (χ3n) is 3.75. The zero-order valence-corrected chi connectivity index (χ0v) is 12.6. The van der Waals surface area contributed by atoms with Crippen LogP contribution in [0.1, 0.15) is 26.7 Å². The van der Waals surface area contributed by atoms with Gasteiger partial charge in [-0.25, -0.2) is 8.42 Å². The number of sulfonamides is 1. The Balaban J connectivity index is 2.46. The molecule has 1 saturated heterocycles. The van der Waals surface area contributed by atoms with Crippen LogP contribution in [0.25, 0.3) is 0 Å². The predicted octanol–water partition coefficient (Wildman–Crippen LogP) is 0.684. The van der Waals surface area contributed by atoms with Gasteiger partial charge in [-0.05, 0) is 18.3 Å². The quantitative estimate of drug-likeness (QED) is 0.886. The fraction of sp³-hybridized carbons (Fsp3) is 0.667. The Labute approximate surface area is 118 Å². The molecule has 0 amide bonds. The van der Waals surface area contributed by atoms with Gasteiger partial charge in [-0.15, -0.1) is 0 Å². The number of hydrogen-bond donors (Lipinski definition) is 1. The highest BCUT2D eigenvalue weighted by molar-refractivity contribution is 7.89. The average molecular weight is 301 g/mol. The minimum atomic E-state index is -3.84. The number of carboxylic acids is 1. The largest absolute Gasteiger partial charge is 0.480 e. The molecule has 2 rings (SSSR count). The Hall–Kier alpha value is -1.41. The second-order valence-corrected chi connectivity index (χ2v) is 7.69. The van der Waals surface area contributed by atoms with Crippen LogP contribution in [-0.2, 0) is 21.9 Å². The van der Waals surface area contributed by atoms with Gasteiger partial charge in [0.2, 0.25) is 10.0 Å². The fourth-order valence-electron chi connectivity index (χ4n) is 2.73. The lowest BCUT2D eigenvalue weighted by molar-refractivity contribution is -0.147. The smallest absolute Gasteiger partial charge is 0.322 e. The van der Waals surface area contributed by atoms with E-state index in [9.17, 15) is 18.3 Å². The summed E-state index contributed by atoms with van der Waals surface area (Å²) in [6, 6.07) is -1.05. The number of carboxylic acid groups (broad SMARTS) is 1. The fourth-order valence-corrected chi connectivity index (χ4v) is 4.49. The van der Waals surface area contributed by atoms with Crippen LogP contribution in [0.2, 0.25) is 0 Å². The van der Waals surface area contributed by atoms with Crippen molar-refractivity contribution in [3.63, 3.8) is 0 Å². The molecule has 1 N–H and O–H groups in total. The van der Waals surface area contributed by atoms with Crippen LogP contribution in [0.3, 0.4) is 0 Å². The van der Waals surface area contributed by atoms with Crippen LogP contribution in [0.15, 0.2) is 17.3 Å². The van der Waals surface area contributed by atoms with Crippen molar-refractivity contribution < 1.29 is 18.3 Å². The maximum atomic E-state index is 12.6. The first-order valence-electron chi connectivity index (χ1n) is 6.39. The first-order chi connectivity index (χ1) is 9.16. The summed E-state index contributed by atoms with van der Waals surface area (Å²) in [5, 5.41) is 13.3. The molecule has 1 atom stereocenters. The van der Waals surface area contributed by atoms with Crippen LogP contribution < -0.4 is 0 Å². The highest BCUT2D eigenvalue weighted by Gasteiger charge is 2.47. The maximum Gasteiger partial charge on any atom is 0.322 e. The average Bonchev–Trinajstić information content (AvgIpc) is 2.74. The van der Waals surface area contributed by atoms with E-state index in [1.807, 2.05) is 0 Å². The lowest BCUT2D eigenvalue weighted by atomic mass is 9.77. The standard InChI is InChI=1S/C12H19N3O4S/c1-12(2)5-4-6-15(10(12)11(16)17)20(18,19)9-7-13-14(3)8-9/h7-8,10H,4-6H2,1-3H3,(H,16,17). The van der Waals surface area contributed by atoms with Gasteiger partial charge in [-0.1, -0.05) is 13.8 Å². The second-order valence-electron chi connectivity index (χ2n) is 5.80. The summed E-state index contributed by atoms with van der Waals surface area (Å²) in [5.41, 5.74) is -0.598. The molecule has 0 aromatic carbocycles. The molecule has 0 spiro atoms. The van der Waals surface area contributed by atoms with Gasteiger partial charge < -0.3 is 5.11 Å². The molecule has 1 aromatic heterocycles. The van der Waals surface area contributed by atoms with Gasteiger partial charge in [-0.3, -0.25) is 9.48 Å². The number of carbonyl (C=O) groups is 1. The van der Waals surface area contributed by atoms with E-state index in [4.69, 9.17) is 0 Å². The van der Waals surface area contributed by atoms with E-state index in [2.05, 4.69) is 5.10 Å². The molecule has 0 bridgehead atoms. The number of rotatable bonds is 3. The Bertz CT molecular complexity index is 620. The highest BCUT2D eigenvalue weighted by atomic mass is 32.2. The van der Waals surface area contributed by atoms with E-state index in [0.717, 1.165) is 4.31 Å². The molecule has 0 saturated carbocycles. The number of aliphatic carboxylic acids is 1. The highest BCUT2D eigenvalue weighted by Crippen LogP contribution is 2.38. The predicted molar refractivity (Wildman–Crippen MR) is 71.5 cm³/mol. The molecule has 8 heteroatoms. The molecular formula is C12H19N3O4S. The van der Waals surface area contributed by atoms with Crippen molar-refractivity contribution in [2.75, 3.05) is 6.54 Å². The zero-order chi connectivity index (χ0) is 15.1. The summed E-state index contributed by atoms with van der Waals surface area (Å²) >= 11 is 0. The molecule has 112 valence electrons. The molecule has 20 heavy (non-hydrogen) atoms. The van der Waals surface area contributed by atoms with Gasteiger partial charge in [0.1, 0.15) is 10.9 Å². The third kappa shape index (κ3) is 2.45. The van der Waals surface area contributed by atoms with Crippen LogP contribution in [0, 0.1) is 5.41 Å². The Morgan fingerprint density at radius 1 is 1.50 bits per heavy atom. The number of nitrogens with zero attached hydrogens (tertiary/aromatic N) is 3. The molecule has 0 radical (unpaired) electrons. The monoisotopic (exact) mass is 301 g/mol. The number of piperidine rings is 1. The summed E-state index contributed by atoms with van der Waals surface area (Å²) in [4.78, 5) is 11.6. The van der Waals surface area contributed by atoms with Gasteiger partial charge in [-0.2, -0.15) is 9.40 Å². The summed E-state index contributed by atoms with van der Waals surface area (Å²) in [7, 11) is -2.22. The molecule has 7 nitrogen and oxygen atoms in total. The minimum Gasteiger partial charge on any atom is -0.480 e. The molecule has 1 aliphatic heterocycles. The molecule has 1 aliphatic rings. The van der Waals surface area contributed by atoms with Gasteiger partial charge in [0.05, 0.1) is 6.20 Å². The lowest BCUT2D eigenvalue weighted by Gasteiger charge is -2.42. The first-order valence-corrected chi connectivity index (χ1v) is 7.83. The molecular weight excluding hydrogens is 282 g/mol. The molecule has 1 unspecified atom stereocenters. The Morgan fingerprint density at radius 2 is 2.15 bits per heavy atom. The van der Waals surface area contributed by atoms with Gasteiger partial charge >= 0.3 is 5.97 Å². The summed E-state index contributed by atoms with van der Waals surface area (Å²) in [6.45, 7) is 3.80. The van der Waals surface area contributed by atoms with Crippen molar-refractivity contribution in [2.45, 2.75) is 37.6 Å². The van der Waals surface area contributed by atoms with Crippen LogP contribution >= 0.6 is 0 Å². The van der Waals surface area contributed by atoms with E-state index in [1.54, 1.807) is 20.9 Å². The second kappa shape index (κ2) is 4.85. The Kier molecular flexibility index (Phi) is 3.64. The van der Waals surface area contributed by atoms with Gasteiger partial charge in [0, 0.05) is 19.8 Å². The van der Waals surface area contributed by atoms with Crippen LogP contribution in [-0.4, -0.2) is 46.2 Å². The van der Waals surface area contributed by atoms with E-state index >= 15 is 0 Å². The summed E-state index contributed by atoms with van der Waals surface area (Å²) in [5.74, 6) is -1.11. The SMILES string of the molecule is Cn1cc(S(=O)(=O)N2CCCC(C)(C)C2C(=O)O)cn1. The van der Waals surface area contributed by atoms with Crippen molar-refractivity contribution in [3.8, 4) is 0 Å². The first kappa shape index (κ1) is 15.0. The molecule has 1 aromatic rings. The van der Waals surface area contributed by atoms with Crippen molar-refractivity contribution >= 4 is 16.0 Å². The van der Waals surface area contributed by atoms with E-state index in [1.165, 1.54) is 17.1 Å². The van der Waals surface area contributed by atoms with Crippen molar-refractivity contribution in [2.24, 2.45) is 12.5 Å². The summed E-state index contributed by atoms with van der Waals surface area (Å²) in [6.07, 6.45) is 3.96. The van der Waals surface area contributed by atoms with E-state index in [0.29, 0.717) is 12.8 Å². The zero-order valence-electron chi connectivity index (χ0n) is 11.8. The van der Waals surface area contributed by atoms with E-state index in [-0.39, 0.29) is 11.4 Å². The summed E-state index contributed by atoms with van der Waals surface area (Å²) < 4.78 is 27.7. The van der Waals surface area contributed by atoms with E-state index < -0.39 is 27.4 Å². The van der Waals surface area contributed by atoms with Crippen molar-refractivity contribution in [1.82, 2.24) is 14.1 Å². The van der Waals surface area contributed by atoms with Crippen molar-refractivity contribution in [3.05, 3.63) is 12.4 Å². The van der Waals surface area contributed by atoms with Gasteiger partial charge in [0.15, 0.2) is 0 Å². The molecule has 0 aliphatic carbocycles. The van der Waals surface area contributed by atoms with Crippen molar-refractivity contribution in [1.29, 1.82) is 0 Å². The van der Waals surface area contributed by atoms with Gasteiger partial charge in [0.25, 0.3) is 0 Å². The topological polar surface area (TPSA) is 92.5 Å². The number of hydrogen-bond acceptors (Lipinski definition) is 4.